The van der Waals surface area contributed by atoms with Crippen LogP contribution in [0.2, 0.25) is 0 Å². The fraction of sp³-hybridized carbons (Fsp3) is 0.100. The van der Waals surface area contributed by atoms with Gasteiger partial charge in [0, 0.05) is 23.7 Å². The molecule has 15 heavy (non-hydrogen) atoms. The monoisotopic (exact) mass is 202 g/mol. The zero-order valence-electron chi connectivity index (χ0n) is 8.19. The number of nitrogens with one attached hydrogen (secondary N) is 1. The number of carbonyl (C=O) groups excluding carboxylic acids is 1. The zero-order chi connectivity index (χ0) is 10.8. The van der Waals surface area contributed by atoms with Gasteiger partial charge in [-0.25, -0.2) is 4.98 Å². The summed E-state index contributed by atoms with van der Waals surface area (Å²) in [7, 11) is 0. The van der Waals surface area contributed by atoms with Crippen LogP contribution >= 0.6 is 0 Å². The highest BCUT2D eigenvalue weighted by Crippen LogP contribution is 2.19. The van der Waals surface area contributed by atoms with Crippen LogP contribution in [-0.2, 0) is 0 Å². The summed E-state index contributed by atoms with van der Waals surface area (Å²) < 4.78 is 0. The van der Waals surface area contributed by atoms with Crippen LogP contribution in [0.5, 0.6) is 0 Å². The third kappa shape index (κ3) is 1.71. The van der Waals surface area contributed by atoms with Crippen molar-refractivity contribution in [1.82, 2.24) is 15.0 Å². The smallest absolute Gasteiger partial charge is 0.284 e. The highest BCUT2D eigenvalue weighted by atomic mass is 16.1. The lowest BCUT2D eigenvalue weighted by Gasteiger charge is -1.95. The summed E-state index contributed by atoms with van der Waals surface area (Å²) >= 11 is 0. The van der Waals surface area contributed by atoms with Crippen LogP contribution in [-0.4, -0.2) is 20.9 Å². The highest BCUT2D eigenvalue weighted by Gasteiger charge is 2.11. The van der Waals surface area contributed by atoms with E-state index in [9.17, 15) is 4.79 Å². The molecule has 2 rings (SSSR count). The molecular weight excluding hydrogens is 192 g/mol. The number of aryl methyl sites for hydroxylation is 1. The molecule has 0 aliphatic carbocycles. The van der Waals surface area contributed by atoms with Gasteiger partial charge in [-0.3, -0.25) is 9.78 Å². The average Bonchev–Trinajstić information content (AvgIpc) is 2.62. The number of pyridine rings is 1. The molecule has 0 aliphatic rings. The van der Waals surface area contributed by atoms with Crippen molar-refractivity contribution in [1.29, 1.82) is 0 Å². The molecule has 2 heterocycles. The van der Waals surface area contributed by atoms with Crippen molar-refractivity contribution < 1.29 is 4.79 Å². The lowest BCUT2D eigenvalue weighted by Crippen LogP contribution is -2.12. The topological polar surface area (TPSA) is 84.7 Å². The molecule has 5 nitrogen and oxygen atoms in total. The largest absolute Gasteiger partial charge is 0.363 e. The number of aromatic amines is 1. The minimum absolute atomic E-state index is 0.180. The molecule has 2 aromatic heterocycles. The number of nitrogens with zero attached hydrogens (tertiary/aromatic N) is 2. The minimum Gasteiger partial charge on any atom is -0.363 e. The molecule has 1 amide bonds. The lowest BCUT2D eigenvalue weighted by atomic mass is 10.2. The number of H-pyrrole nitrogens is 1. The van der Waals surface area contributed by atoms with Gasteiger partial charge >= 0.3 is 0 Å². The Hall–Kier alpha value is -2.17. The first-order valence-electron chi connectivity index (χ1n) is 4.45. The van der Waals surface area contributed by atoms with Crippen molar-refractivity contribution in [2.24, 2.45) is 5.73 Å². The summed E-state index contributed by atoms with van der Waals surface area (Å²) in [5.74, 6) is -0.377. The quantitative estimate of drug-likeness (QED) is 0.758. The molecule has 5 heteroatoms. The molecule has 0 spiro atoms. The summed E-state index contributed by atoms with van der Waals surface area (Å²) in [6.07, 6.45) is 3.35. The van der Waals surface area contributed by atoms with Crippen LogP contribution in [0.4, 0.5) is 0 Å². The van der Waals surface area contributed by atoms with Gasteiger partial charge in [0.2, 0.25) is 0 Å². The second-order valence-corrected chi connectivity index (χ2v) is 3.16. The van der Waals surface area contributed by atoms with Crippen molar-refractivity contribution in [2.45, 2.75) is 6.92 Å². The first kappa shape index (κ1) is 9.39. The Labute approximate surface area is 86.4 Å². The molecule has 0 saturated carbocycles. The van der Waals surface area contributed by atoms with Gasteiger partial charge in [0.05, 0.1) is 5.69 Å². The molecule has 0 bridgehead atoms. The molecule has 0 aliphatic heterocycles. The Morgan fingerprint density at radius 1 is 1.40 bits per heavy atom. The molecule has 3 N–H and O–H groups in total. The Morgan fingerprint density at radius 2 is 2.07 bits per heavy atom. The first-order valence-corrected chi connectivity index (χ1v) is 4.45. The van der Waals surface area contributed by atoms with E-state index >= 15 is 0 Å². The Balaban J connectivity index is 2.50. The summed E-state index contributed by atoms with van der Waals surface area (Å²) in [5.41, 5.74) is 7.58. The van der Waals surface area contributed by atoms with Gasteiger partial charge in [-0.1, -0.05) is 0 Å². The number of hydrogen-bond acceptors (Lipinski definition) is 3. The van der Waals surface area contributed by atoms with Crippen molar-refractivity contribution in [2.75, 3.05) is 0 Å². The van der Waals surface area contributed by atoms with Crippen molar-refractivity contribution in [3.05, 3.63) is 36.0 Å². The van der Waals surface area contributed by atoms with Crippen LogP contribution in [0.3, 0.4) is 0 Å². The maximum absolute atomic E-state index is 10.9. The van der Waals surface area contributed by atoms with Gasteiger partial charge in [-0.05, 0) is 19.1 Å². The van der Waals surface area contributed by atoms with E-state index in [0.717, 1.165) is 17.0 Å². The van der Waals surface area contributed by atoms with Crippen molar-refractivity contribution in [3.8, 4) is 11.3 Å². The summed E-state index contributed by atoms with van der Waals surface area (Å²) in [6, 6.07) is 3.65. The molecule has 0 fully saturated rings. The first-order chi connectivity index (χ1) is 7.18. The van der Waals surface area contributed by atoms with Gasteiger partial charge < -0.3 is 10.7 Å². The van der Waals surface area contributed by atoms with Crippen molar-refractivity contribution in [3.63, 3.8) is 0 Å². The van der Waals surface area contributed by atoms with E-state index in [1.165, 1.54) is 0 Å². The van der Waals surface area contributed by atoms with E-state index in [1.54, 1.807) is 12.4 Å². The predicted molar refractivity (Wildman–Crippen MR) is 55.1 cm³/mol. The van der Waals surface area contributed by atoms with Gasteiger partial charge in [0.1, 0.15) is 0 Å². The van der Waals surface area contributed by atoms with Crippen LogP contribution < -0.4 is 5.73 Å². The molecule has 0 radical (unpaired) electrons. The van der Waals surface area contributed by atoms with Crippen molar-refractivity contribution >= 4 is 5.91 Å². The SMILES string of the molecule is Cc1[nH]c(C(N)=O)nc1-c1ccncc1. The van der Waals surface area contributed by atoms with E-state index in [4.69, 9.17) is 5.73 Å². The van der Waals surface area contributed by atoms with Gasteiger partial charge in [0.25, 0.3) is 5.91 Å². The third-order valence-corrected chi connectivity index (χ3v) is 2.07. The number of hydrogen-bond donors (Lipinski definition) is 2. The minimum atomic E-state index is -0.557. The molecule has 0 saturated heterocycles. The fourth-order valence-corrected chi connectivity index (χ4v) is 1.37. The third-order valence-electron chi connectivity index (χ3n) is 2.07. The molecule has 76 valence electrons. The van der Waals surface area contributed by atoms with Crippen LogP contribution in [0.1, 0.15) is 16.3 Å². The van der Waals surface area contributed by atoms with Crippen LogP contribution in [0, 0.1) is 6.92 Å². The summed E-state index contributed by atoms with van der Waals surface area (Å²) in [6.45, 7) is 1.84. The highest BCUT2D eigenvalue weighted by molar-refractivity contribution is 5.90. The van der Waals surface area contributed by atoms with E-state index in [0.29, 0.717) is 0 Å². The van der Waals surface area contributed by atoms with Crippen LogP contribution in [0.25, 0.3) is 11.3 Å². The summed E-state index contributed by atoms with van der Waals surface area (Å²) in [5, 5.41) is 0. The lowest BCUT2D eigenvalue weighted by molar-refractivity contribution is 0.0991. The van der Waals surface area contributed by atoms with Crippen LogP contribution in [0.15, 0.2) is 24.5 Å². The number of primary amides is 1. The summed E-state index contributed by atoms with van der Waals surface area (Å²) in [4.78, 5) is 21.8. The molecular formula is C10H10N4O. The van der Waals surface area contributed by atoms with E-state index in [2.05, 4.69) is 15.0 Å². The van der Waals surface area contributed by atoms with Gasteiger partial charge in [0.15, 0.2) is 5.82 Å². The predicted octanol–water partition coefficient (Wildman–Crippen LogP) is 0.879. The number of aromatic nitrogens is 3. The second-order valence-electron chi connectivity index (χ2n) is 3.16. The number of rotatable bonds is 2. The maximum Gasteiger partial charge on any atom is 0.284 e. The molecule has 0 atom stereocenters. The standard InChI is InChI=1S/C10H10N4O/c1-6-8(7-2-4-12-5-3-7)14-10(13-6)9(11)15/h2-5H,1H3,(H2,11,15)(H,13,14). The molecule has 0 unspecified atom stereocenters. The number of carbonyl (C=O) groups is 1. The van der Waals surface area contributed by atoms with E-state index in [-0.39, 0.29) is 5.82 Å². The van der Waals surface area contributed by atoms with Gasteiger partial charge in [-0.2, -0.15) is 0 Å². The van der Waals surface area contributed by atoms with E-state index in [1.807, 2.05) is 19.1 Å². The number of imidazole rings is 1. The van der Waals surface area contributed by atoms with E-state index < -0.39 is 5.91 Å². The molecule has 0 aromatic carbocycles. The van der Waals surface area contributed by atoms with Gasteiger partial charge in [-0.15, -0.1) is 0 Å². The number of nitrogens with two attached hydrogens (primary N) is 1. The Morgan fingerprint density at radius 3 is 2.60 bits per heavy atom. The second kappa shape index (κ2) is 3.53. The normalized spacial score (nSPS) is 10.2. The average molecular weight is 202 g/mol. The molecule has 2 aromatic rings. The zero-order valence-corrected chi connectivity index (χ0v) is 8.19. The Kier molecular flexibility index (Phi) is 2.21. The maximum atomic E-state index is 10.9. The fourth-order valence-electron chi connectivity index (χ4n) is 1.37. The Bertz CT molecular complexity index is 489. The number of amides is 1.